The second-order valence-corrected chi connectivity index (χ2v) is 21.1. The first kappa shape index (κ1) is 39.2. The molecule has 0 aromatic heterocycles. The molecule has 0 bridgehead atoms. The Morgan fingerprint density at radius 3 is 2.11 bits per heavy atom. The summed E-state index contributed by atoms with van der Waals surface area (Å²) in [5.74, 6) is -2.96. The number of carbonyl (C=O) groups excluding carboxylic acids is 5. The van der Waals surface area contributed by atoms with Crippen molar-refractivity contribution in [2.75, 3.05) is 12.3 Å². The number of nitrogens with zero attached hydrogens (tertiary/aromatic N) is 1. The number of Topliss-reactive ketones (excluding diaryl/α,β-unsaturated/α-hetero) is 1. The third-order valence-electron chi connectivity index (χ3n) is 13.5. The lowest BCUT2D eigenvalue weighted by Crippen LogP contribution is -2.62. The zero-order valence-electron chi connectivity index (χ0n) is 32.0. The minimum atomic E-state index is -3.43. The summed E-state index contributed by atoms with van der Waals surface area (Å²) in [7, 11) is -3.43. The highest BCUT2D eigenvalue weighted by Crippen LogP contribution is 2.65. The van der Waals surface area contributed by atoms with Crippen LogP contribution in [-0.2, 0) is 41.9 Å². The lowest BCUT2D eigenvalue weighted by molar-refractivity contribution is -0.144. The number of fused-ring (bicyclic) bond motifs is 2. The lowest BCUT2D eigenvalue weighted by Gasteiger charge is -2.40. The first-order chi connectivity index (χ1) is 24.8. The molecule has 5 N–H and O–H groups in total. The molecule has 1 aliphatic heterocycles. The lowest BCUT2D eigenvalue weighted by atomic mass is 9.80. The van der Waals surface area contributed by atoms with Crippen molar-refractivity contribution in [2.24, 2.45) is 34.8 Å². The van der Waals surface area contributed by atoms with E-state index in [1.807, 2.05) is 24.3 Å². The van der Waals surface area contributed by atoms with Crippen molar-refractivity contribution in [3.8, 4) is 0 Å². The van der Waals surface area contributed by atoms with Crippen molar-refractivity contribution < 1.29 is 32.4 Å². The number of sulfone groups is 1. The van der Waals surface area contributed by atoms with Crippen molar-refractivity contribution >= 4 is 39.4 Å². The monoisotopic (exact) mass is 753 g/mol. The summed E-state index contributed by atoms with van der Waals surface area (Å²) in [6, 6.07) is 4.57. The smallest absolute Gasteiger partial charge is 0.315 e. The minimum Gasteiger partial charge on any atom is -0.363 e. The van der Waals surface area contributed by atoms with Crippen molar-refractivity contribution in [3.63, 3.8) is 0 Å². The molecule has 3 saturated carbocycles. The molecule has 5 amide bonds. The Morgan fingerprint density at radius 1 is 0.943 bits per heavy atom. The van der Waals surface area contributed by atoms with Gasteiger partial charge >= 0.3 is 6.03 Å². The fourth-order valence-corrected chi connectivity index (χ4v) is 10.9. The molecule has 0 radical (unpaired) electrons. The Balaban J connectivity index is 1.25. The summed E-state index contributed by atoms with van der Waals surface area (Å²) in [6.07, 6.45) is 8.63. The minimum absolute atomic E-state index is 0.0554. The number of nitrogens with one attached hydrogen (secondary N) is 3. The van der Waals surface area contributed by atoms with Crippen LogP contribution in [-0.4, -0.2) is 83.6 Å². The van der Waals surface area contributed by atoms with Crippen molar-refractivity contribution in [2.45, 2.75) is 140 Å². The van der Waals surface area contributed by atoms with E-state index in [1.54, 1.807) is 25.7 Å². The number of hydrogen-bond acceptors (Lipinski definition) is 7. The summed E-state index contributed by atoms with van der Waals surface area (Å²) in [5, 5.41) is 9.08. The van der Waals surface area contributed by atoms with Crippen LogP contribution in [0.1, 0.15) is 110 Å². The Labute approximate surface area is 314 Å². The highest BCUT2D eigenvalue weighted by Gasteiger charge is 2.70. The zero-order chi connectivity index (χ0) is 38.5. The largest absolute Gasteiger partial charge is 0.363 e. The zero-order valence-corrected chi connectivity index (χ0v) is 32.9. The van der Waals surface area contributed by atoms with Crippen LogP contribution in [0.5, 0.6) is 0 Å². The van der Waals surface area contributed by atoms with Gasteiger partial charge in [-0.3, -0.25) is 19.2 Å². The maximum Gasteiger partial charge on any atom is 0.315 e. The number of ketones is 1. The molecule has 4 aliphatic carbocycles. The molecule has 13 heteroatoms. The number of hydrogen-bond donors (Lipinski definition) is 4. The van der Waals surface area contributed by atoms with Crippen LogP contribution in [0.25, 0.3) is 0 Å². The van der Waals surface area contributed by atoms with Crippen LogP contribution >= 0.6 is 0 Å². The normalized spacial score (nSPS) is 26.0. The topological polar surface area (TPSA) is 185 Å². The van der Waals surface area contributed by atoms with Crippen LogP contribution < -0.4 is 21.7 Å². The van der Waals surface area contributed by atoms with Gasteiger partial charge in [-0.2, -0.15) is 0 Å². The van der Waals surface area contributed by atoms with E-state index in [-0.39, 0.29) is 47.2 Å². The van der Waals surface area contributed by atoms with Gasteiger partial charge < -0.3 is 26.6 Å². The number of nitrogens with two attached hydrogens (primary N) is 1. The van der Waals surface area contributed by atoms with Crippen LogP contribution in [0.2, 0.25) is 0 Å². The van der Waals surface area contributed by atoms with E-state index in [4.69, 9.17) is 5.73 Å². The van der Waals surface area contributed by atoms with Crippen LogP contribution in [0, 0.1) is 29.1 Å². The van der Waals surface area contributed by atoms with Crippen molar-refractivity contribution in [1.29, 1.82) is 0 Å². The predicted octanol–water partition coefficient (Wildman–Crippen LogP) is 3.59. The van der Waals surface area contributed by atoms with E-state index >= 15 is 0 Å². The van der Waals surface area contributed by atoms with Crippen LogP contribution in [0.4, 0.5) is 4.79 Å². The van der Waals surface area contributed by atoms with Gasteiger partial charge in [0.2, 0.25) is 17.6 Å². The van der Waals surface area contributed by atoms with E-state index in [0.717, 1.165) is 49.7 Å². The molecule has 5 atom stereocenters. The average Bonchev–Trinajstić information content (AvgIpc) is 3.43. The van der Waals surface area contributed by atoms with Gasteiger partial charge in [-0.15, -0.1) is 0 Å². The molecule has 1 unspecified atom stereocenters. The van der Waals surface area contributed by atoms with Gasteiger partial charge in [0.25, 0.3) is 5.91 Å². The van der Waals surface area contributed by atoms with E-state index in [1.165, 1.54) is 0 Å². The summed E-state index contributed by atoms with van der Waals surface area (Å²) >= 11 is 0. The molecule has 0 spiro atoms. The molecule has 292 valence electrons. The Kier molecular flexibility index (Phi) is 10.8. The Bertz CT molecular complexity index is 1700. The molecular formula is C40H59N5O7S. The molecule has 4 fully saturated rings. The predicted molar refractivity (Wildman–Crippen MR) is 201 cm³/mol. The number of benzene rings is 1. The number of likely N-dealkylation sites (tertiary alicyclic amines) is 1. The first-order valence-corrected chi connectivity index (χ1v) is 21.3. The highest BCUT2D eigenvalue weighted by molar-refractivity contribution is 7.92. The second-order valence-electron chi connectivity index (χ2n) is 18.2. The fraction of sp³-hybridized carbons (Fsp3) is 0.725. The van der Waals surface area contributed by atoms with E-state index < -0.39 is 61.9 Å². The summed E-state index contributed by atoms with van der Waals surface area (Å²) in [5.41, 5.74) is 6.69. The van der Waals surface area contributed by atoms with Gasteiger partial charge in [0.15, 0.2) is 9.84 Å². The maximum atomic E-state index is 14.9. The van der Waals surface area contributed by atoms with Gasteiger partial charge in [0.1, 0.15) is 12.1 Å². The van der Waals surface area contributed by atoms with Crippen LogP contribution in [0.15, 0.2) is 24.3 Å². The Morgan fingerprint density at radius 2 is 1.57 bits per heavy atom. The van der Waals surface area contributed by atoms with Gasteiger partial charge in [-0.25, -0.2) is 13.2 Å². The number of piperidine rings is 1. The molecule has 6 rings (SSSR count). The van der Waals surface area contributed by atoms with E-state index in [9.17, 15) is 32.4 Å². The van der Waals surface area contributed by atoms with Crippen molar-refractivity contribution in [1.82, 2.24) is 20.9 Å². The van der Waals surface area contributed by atoms with E-state index in [0.29, 0.717) is 38.6 Å². The average molecular weight is 754 g/mol. The SMILES string of the molecule is CC1(C)[C@@H]2[C@@H](C(=O)NC(CC3CCC3)C(=O)C(N)=O)N(C(=O)[C@@H](NC(=O)NC3(CCS(=O)(=O)C(C)(C)C)CCCCC3)C3Cc4ccccc4C3)C[C@@H]21. The van der Waals surface area contributed by atoms with Crippen LogP contribution in [0.3, 0.4) is 0 Å². The summed E-state index contributed by atoms with van der Waals surface area (Å²) in [4.78, 5) is 69.7. The third-order valence-corrected chi connectivity index (χ3v) is 16.1. The number of rotatable bonds is 13. The molecule has 5 aliphatic rings. The summed E-state index contributed by atoms with van der Waals surface area (Å²) in [6.45, 7) is 9.54. The first-order valence-electron chi connectivity index (χ1n) is 19.7. The quantitative estimate of drug-likeness (QED) is 0.222. The van der Waals surface area contributed by atoms with Crippen molar-refractivity contribution in [3.05, 3.63) is 35.4 Å². The Hall–Kier alpha value is -3.48. The van der Waals surface area contributed by atoms with Gasteiger partial charge in [-0.05, 0) is 99.5 Å². The summed E-state index contributed by atoms with van der Waals surface area (Å²) < 4.78 is 25.4. The maximum absolute atomic E-state index is 14.9. The van der Waals surface area contributed by atoms with Gasteiger partial charge in [-0.1, -0.05) is 76.6 Å². The van der Waals surface area contributed by atoms with E-state index in [2.05, 4.69) is 29.8 Å². The molecule has 1 saturated heterocycles. The standard InChI is InChI=1S/C40H59N5O7S/c1-38(2,3)53(51,52)19-18-40(16-9-6-10-17-40)44-37(50)43-31(27-21-25-14-7-8-15-26(25)22-27)36(49)45-23-28-30(39(28,4)5)32(45)35(48)42-29(33(46)34(41)47)20-24-12-11-13-24/h7-8,14-15,24,27-32H,6,9-13,16-23H2,1-5H3,(H2,41,47)(H,42,48)(H2,43,44,50)/t28-,29?,30-,31-,32-/m0/s1. The number of amides is 5. The number of carbonyl (C=O) groups is 5. The van der Waals surface area contributed by atoms with Gasteiger partial charge in [0, 0.05) is 12.1 Å². The molecule has 12 nitrogen and oxygen atoms in total. The molecular weight excluding hydrogens is 695 g/mol. The highest BCUT2D eigenvalue weighted by atomic mass is 32.2. The number of primary amides is 1. The molecule has 53 heavy (non-hydrogen) atoms. The van der Waals surface area contributed by atoms with Gasteiger partial charge in [0.05, 0.1) is 16.5 Å². The fourth-order valence-electron chi connectivity index (χ4n) is 9.64. The number of urea groups is 1. The molecule has 1 aromatic rings. The molecule has 1 heterocycles. The molecule has 1 aromatic carbocycles. The second kappa shape index (κ2) is 14.6. The third kappa shape index (κ3) is 8.01.